The highest BCUT2D eigenvalue weighted by atomic mass is 32.1. The molecular formula is C14H13N3O2S2. The molecule has 1 aromatic carbocycles. The van der Waals surface area contributed by atoms with Gasteiger partial charge >= 0.3 is 5.69 Å². The van der Waals surface area contributed by atoms with E-state index >= 15 is 0 Å². The van der Waals surface area contributed by atoms with E-state index < -0.39 is 0 Å². The predicted octanol–water partition coefficient (Wildman–Crippen LogP) is 4.44. The number of nitro benzene ring substituents is 1. The summed E-state index contributed by atoms with van der Waals surface area (Å²) in [4.78, 5) is 17.6. The molecule has 0 aliphatic rings. The van der Waals surface area contributed by atoms with Crippen LogP contribution >= 0.6 is 22.7 Å². The highest BCUT2D eigenvalue weighted by Gasteiger charge is 2.20. The van der Waals surface area contributed by atoms with Crippen molar-refractivity contribution in [2.24, 2.45) is 0 Å². The Morgan fingerprint density at radius 1 is 1.29 bits per heavy atom. The van der Waals surface area contributed by atoms with Gasteiger partial charge in [-0.1, -0.05) is 6.92 Å². The molecule has 5 nitrogen and oxygen atoms in total. The largest absolute Gasteiger partial charge is 0.375 e. The molecule has 0 unspecified atom stereocenters. The molecule has 0 amide bonds. The van der Waals surface area contributed by atoms with Gasteiger partial charge in [-0.3, -0.25) is 10.1 Å². The summed E-state index contributed by atoms with van der Waals surface area (Å²) in [6.07, 6.45) is 1.01. The third-order valence-electron chi connectivity index (χ3n) is 3.18. The van der Waals surface area contributed by atoms with E-state index in [0.29, 0.717) is 17.7 Å². The van der Waals surface area contributed by atoms with Crippen molar-refractivity contribution < 1.29 is 4.92 Å². The van der Waals surface area contributed by atoms with E-state index in [-0.39, 0.29) is 10.6 Å². The van der Waals surface area contributed by atoms with E-state index in [1.165, 1.54) is 21.1 Å². The quantitative estimate of drug-likeness (QED) is 0.557. The van der Waals surface area contributed by atoms with Crippen molar-refractivity contribution in [3.05, 3.63) is 49.6 Å². The minimum absolute atomic E-state index is 0.0565. The topological polar surface area (TPSA) is 68.1 Å². The Bertz CT molecular complexity index is 794. The molecule has 0 fully saturated rings. The molecule has 3 aromatic rings. The number of thiophene rings is 1. The molecule has 7 heteroatoms. The second-order valence-electron chi connectivity index (χ2n) is 4.49. The van der Waals surface area contributed by atoms with Crippen LogP contribution in [0.4, 0.5) is 11.4 Å². The van der Waals surface area contributed by atoms with Crippen LogP contribution in [-0.2, 0) is 13.0 Å². The average molecular weight is 319 g/mol. The molecule has 21 heavy (non-hydrogen) atoms. The number of fused-ring (bicyclic) bond motifs is 1. The zero-order valence-corrected chi connectivity index (χ0v) is 13.0. The Morgan fingerprint density at radius 2 is 2.10 bits per heavy atom. The molecular weight excluding hydrogens is 306 g/mol. The van der Waals surface area contributed by atoms with E-state index in [4.69, 9.17) is 0 Å². The number of hydrogen-bond donors (Lipinski definition) is 1. The van der Waals surface area contributed by atoms with Gasteiger partial charge in [0.25, 0.3) is 0 Å². The number of thiazole rings is 1. The number of benzene rings is 1. The van der Waals surface area contributed by atoms with Crippen LogP contribution in [-0.4, -0.2) is 9.91 Å². The number of aryl methyl sites for hydroxylation is 1. The van der Waals surface area contributed by atoms with Crippen LogP contribution < -0.4 is 5.32 Å². The summed E-state index contributed by atoms with van der Waals surface area (Å²) in [6, 6.07) is 7.78. The van der Waals surface area contributed by atoms with Crippen molar-refractivity contribution in [2.75, 3.05) is 5.32 Å². The molecule has 2 heterocycles. The van der Waals surface area contributed by atoms with Gasteiger partial charge in [0.05, 0.1) is 15.1 Å². The highest BCUT2D eigenvalue weighted by molar-refractivity contribution is 7.16. The lowest BCUT2D eigenvalue weighted by Crippen LogP contribution is -2.02. The Balaban J connectivity index is 1.89. The number of rotatable bonds is 5. The standard InChI is InChI=1S/C14H13N3O2S2/c1-2-9-3-4-10(21-9)7-15-11-5-6-12-13(16-8-20-12)14(11)17(18)19/h3-6,8,15H,2,7H2,1H3. The van der Waals surface area contributed by atoms with Gasteiger partial charge in [0.15, 0.2) is 5.52 Å². The summed E-state index contributed by atoms with van der Waals surface area (Å²) in [5.41, 5.74) is 2.66. The van der Waals surface area contributed by atoms with Gasteiger partial charge in [0.1, 0.15) is 5.69 Å². The number of hydrogen-bond acceptors (Lipinski definition) is 6. The third kappa shape index (κ3) is 2.74. The van der Waals surface area contributed by atoms with Crippen LogP contribution in [0.2, 0.25) is 0 Å². The van der Waals surface area contributed by atoms with Crippen LogP contribution in [0, 0.1) is 10.1 Å². The van der Waals surface area contributed by atoms with Gasteiger partial charge in [-0.2, -0.15) is 0 Å². The zero-order chi connectivity index (χ0) is 14.8. The summed E-state index contributed by atoms with van der Waals surface area (Å²) >= 11 is 3.13. The fourth-order valence-electron chi connectivity index (χ4n) is 2.13. The molecule has 0 aliphatic carbocycles. The number of nitrogens with one attached hydrogen (secondary N) is 1. The minimum Gasteiger partial charge on any atom is -0.375 e. The maximum atomic E-state index is 11.3. The molecule has 3 rings (SSSR count). The molecule has 0 radical (unpaired) electrons. The van der Waals surface area contributed by atoms with Crippen molar-refractivity contribution in [3.8, 4) is 0 Å². The maximum absolute atomic E-state index is 11.3. The van der Waals surface area contributed by atoms with E-state index in [1.807, 2.05) is 6.07 Å². The van der Waals surface area contributed by atoms with Crippen LogP contribution in [0.5, 0.6) is 0 Å². The second kappa shape index (κ2) is 5.79. The molecule has 2 aromatic heterocycles. The van der Waals surface area contributed by atoms with E-state index in [0.717, 1.165) is 11.1 Å². The second-order valence-corrected chi connectivity index (χ2v) is 6.63. The van der Waals surface area contributed by atoms with Crippen molar-refractivity contribution in [1.82, 2.24) is 4.98 Å². The Hall–Kier alpha value is -1.99. The van der Waals surface area contributed by atoms with Gasteiger partial charge in [0.2, 0.25) is 0 Å². The van der Waals surface area contributed by atoms with E-state index in [1.54, 1.807) is 22.9 Å². The van der Waals surface area contributed by atoms with E-state index in [9.17, 15) is 10.1 Å². The third-order valence-corrected chi connectivity index (χ3v) is 5.20. The predicted molar refractivity (Wildman–Crippen MR) is 87.3 cm³/mol. The van der Waals surface area contributed by atoms with Gasteiger partial charge in [0, 0.05) is 16.3 Å². The van der Waals surface area contributed by atoms with Gasteiger partial charge in [-0.15, -0.1) is 22.7 Å². The van der Waals surface area contributed by atoms with Crippen LogP contribution in [0.25, 0.3) is 10.2 Å². The summed E-state index contributed by atoms with van der Waals surface area (Å²) < 4.78 is 0.830. The monoisotopic (exact) mass is 319 g/mol. The highest BCUT2D eigenvalue weighted by Crippen LogP contribution is 2.34. The van der Waals surface area contributed by atoms with E-state index in [2.05, 4.69) is 29.4 Å². The molecule has 0 bridgehead atoms. The van der Waals surface area contributed by atoms with Crippen LogP contribution in [0.1, 0.15) is 16.7 Å². The van der Waals surface area contributed by atoms with Crippen molar-refractivity contribution in [1.29, 1.82) is 0 Å². The molecule has 0 saturated heterocycles. The smallest absolute Gasteiger partial charge is 0.319 e. The molecule has 0 saturated carbocycles. The first-order valence-electron chi connectivity index (χ1n) is 6.51. The Kier molecular flexibility index (Phi) is 3.85. The normalized spacial score (nSPS) is 10.9. The Labute approximate surface area is 129 Å². The molecule has 0 atom stereocenters. The van der Waals surface area contributed by atoms with Crippen molar-refractivity contribution in [3.63, 3.8) is 0 Å². The molecule has 108 valence electrons. The lowest BCUT2D eigenvalue weighted by molar-refractivity contribution is -0.382. The minimum atomic E-state index is -0.365. The average Bonchev–Trinajstić information content (AvgIpc) is 3.12. The van der Waals surface area contributed by atoms with Gasteiger partial charge < -0.3 is 5.32 Å². The molecule has 1 N–H and O–H groups in total. The number of nitrogens with zero attached hydrogens (tertiary/aromatic N) is 2. The Morgan fingerprint density at radius 3 is 2.81 bits per heavy atom. The molecule has 0 aliphatic heterocycles. The first-order chi connectivity index (χ1) is 10.2. The van der Waals surface area contributed by atoms with Crippen LogP contribution in [0.3, 0.4) is 0 Å². The molecule has 0 spiro atoms. The summed E-state index contributed by atoms with van der Waals surface area (Å²) in [6.45, 7) is 2.70. The summed E-state index contributed by atoms with van der Waals surface area (Å²) in [7, 11) is 0. The van der Waals surface area contributed by atoms with Crippen LogP contribution in [0.15, 0.2) is 29.8 Å². The maximum Gasteiger partial charge on any atom is 0.319 e. The fraction of sp³-hybridized carbons (Fsp3) is 0.214. The zero-order valence-electron chi connectivity index (χ0n) is 11.3. The van der Waals surface area contributed by atoms with Gasteiger partial charge in [-0.05, 0) is 30.7 Å². The first-order valence-corrected chi connectivity index (χ1v) is 8.20. The number of aromatic nitrogens is 1. The summed E-state index contributed by atoms with van der Waals surface area (Å²) in [5, 5.41) is 14.5. The lowest BCUT2D eigenvalue weighted by atomic mass is 10.2. The fourth-order valence-corrected chi connectivity index (χ4v) is 3.71. The lowest BCUT2D eigenvalue weighted by Gasteiger charge is -2.06. The number of nitro groups is 1. The number of anilines is 1. The summed E-state index contributed by atoms with van der Waals surface area (Å²) in [5.74, 6) is 0. The van der Waals surface area contributed by atoms with Crippen molar-refractivity contribution in [2.45, 2.75) is 19.9 Å². The SMILES string of the molecule is CCc1ccc(CNc2ccc3scnc3c2[N+](=O)[O-])s1. The van der Waals surface area contributed by atoms with Gasteiger partial charge in [-0.25, -0.2) is 4.98 Å². The van der Waals surface area contributed by atoms with Crippen molar-refractivity contribution >= 4 is 44.3 Å². The first kappa shape index (κ1) is 14.0.